The second kappa shape index (κ2) is 6.77. The fraction of sp³-hybridized carbons (Fsp3) is 0.600. The lowest BCUT2D eigenvalue weighted by atomic mass is 10.1. The van der Waals surface area contributed by atoms with E-state index in [1.807, 2.05) is 0 Å². The number of benzene rings is 1. The summed E-state index contributed by atoms with van der Waals surface area (Å²) >= 11 is 0. The summed E-state index contributed by atoms with van der Waals surface area (Å²) < 4.78 is 0. The lowest BCUT2D eigenvalue weighted by molar-refractivity contribution is 0.145. The highest BCUT2D eigenvalue weighted by molar-refractivity contribution is 5.14. The van der Waals surface area contributed by atoms with Crippen LogP contribution < -0.4 is 5.32 Å². The minimum Gasteiger partial charge on any atom is -0.311 e. The number of hydrogen-bond donors (Lipinski definition) is 1. The summed E-state index contributed by atoms with van der Waals surface area (Å²) in [5.74, 6) is 0. The largest absolute Gasteiger partial charge is 0.311 e. The van der Waals surface area contributed by atoms with Crippen LogP contribution in [0.1, 0.15) is 33.3 Å². The van der Waals surface area contributed by atoms with Gasteiger partial charge in [0.05, 0.1) is 0 Å². The van der Waals surface area contributed by atoms with E-state index >= 15 is 0 Å². The van der Waals surface area contributed by atoms with Gasteiger partial charge in [0.25, 0.3) is 0 Å². The predicted molar refractivity (Wildman–Crippen MR) is 75.1 cm³/mol. The molecule has 0 unspecified atom stereocenters. The quantitative estimate of drug-likeness (QED) is 0.761. The van der Waals surface area contributed by atoms with E-state index in [-0.39, 0.29) is 5.54 Å². The van der Waals surface area contributed by atoms with Gasteiger partial charge in [-0.3, -0.25) is 4.90 Å². The molecule has 0 fully saturated rings. The van der Waals surface area contributed by atoms with Gasteiger partial charge < -0.3 is 5.32 Å². The van der Waals surface area contributed by atoms with Crippen molar-refractivity contribution in [1.82, 2.24) is 10.2 Å². The fourth-order valence-electron chi connectivity index (χ4n) is 2.01. The van der Waals surface area contributed by atoms with Crippen LogP contribution in [-0.2, 0) is 6.54 Å². The van der Waals surface area contributed by atoms with E-state index in [1.54, 1.807) is 0 Å². The normalized spacial score (nSPS) is 12.1. The van der Waals surface area contributed by atoms with Gasteiger partial charge in [-0.05, 0) is 32.9 Å². The maximum absolute atomic E-state index is 3.50. The number of rotatable bonds is 6. The maximum Gasteiger partial charge on any atom is 0.0206 e. The van der Waals surface area contributed by atoms with Crippen molar-refractivity contribution in [2.24, 2.45) is 0 Å². The molecule has 0 amide bonds. The summed E-state index contributed by atoms with van der Waals surface area (Å²) in [7, 11) is 0. The van der Waals surface area contributed by atoms with Crippen molar-refractivity contribution >= 4 is 0 Å². The molecular weight excluding hydrogens is 208 g/mol. The van der Waals surface area contributed by atoms with E-state index in [1.165, 1.54) is 5.56 Å². The third kappa shape index (κ3) is 5.33. The van der Waals surface area contributed by atoms with Crippen LogP contribution in [-0.4, -0.2) is 30.1 Å². The Morgan fingerprint density at radius 2 is 1.76 bits per heavy atom. The van der Waals surface area contributed by atoms with Gasteiger partial charge in [-0.2, -0.15) is 0 Å². The molecule has 1 N–H and O–H groups in total. The summed E-state index contributed by atoms with van der Waals surface area (Å²) in [4.78, 5) is 2.49. The Morgan fingerprint density at radius 1 is 1.12 bits per heavy atom. The average molecular weight is 234 g/mol. The van der Waals surface area contributed by atoms with Gasteiger partial charge in [-0.1, -0.05) is 37.3 Å². The van der Waals surface area contributed by atoms with Crippen LogP contribution in [0.15, 0.2) is 30.3 Å². The molecule has 0 heterocycles. The Bertz CT molecular complexity index is 300. The minimum atomic E-state index is 0.267. The summed E-state index contributed by atoms with van der Waals surface area (Å²) in [6.07, 6.45) is 0. The molecule has 96 valence electrons. The van der Waals surface area contributed by atoms with Gasteiger partial charge in [0.15, 0.2) is 0 Å². The second-order valence-corrected chi connectivity index (χ2v) is 5.41. The molecule has 0 spiro atoms. The van der Waals surface area contributed by atoms with Crippen LogP contribution in [0, 0.1) is 0 Å². The SMILES string of the molecule is CCN(CCNCc1ccccc1)C(C)(C)C. The number of hydrogen-bond acceptors (Lipinski definition) is 2. The van der Waals surface area contributed by atoms with Gasteiger partial charge in [-0.25, -0.2) is 0 Å². The molecular formula is C15H26N2. The van der Waals surface area contributed by atoms with Crippen molar-refractivity contribution < 1.29 is 0 Å². The fourth-order valence-corrected chi connectivity index (χ4v) is 2.01. The molecule has 1 aromatic rings. The van der Waals surface area contributed by atoms with Crippen LogP contribution >= 0.6 is 0 Å². The Balaban J connectivity index is 2.24. The van der Waals surface area contributed by atoms with Crippen molar-refractivity contribution in [1.29, 1.82) is 0 Å². The van der Waals surface area contributed by atoms with E-state index in [0.717, 1.165) is 26.2 Å². The first-order valence-corrected chi connectivity index (χ1v) is 6.53. The molecule has 0 saturated heterocycles. The van der Waals surface area contributed by atoms with E-state index in [2.05, 4.69) is 68.2 Å². The van der Waals surface area contributed by atoms with Crippen LogP contribution in [0.3, 0.4) is 0 Å². The first kappa shape index (κ1) is 14.2. The standard InChI is InChI=1S/C15H26N2/c1-5-17(15(2,3)4)12-11-16-13-14-9-7-6-8-10-14/h6-10,16H,5,11-13H2,1-4H3. The zero-order valence-corrected chi connectivity index (χ0v) is 11.7. The second-order valence-electron chi connectivity index (χ2n) is 5.41. The molecule has 0 radical (unpaired) electrons. The zero-order chi connectivity index (χ0) is 12.7. The lowest BCUT2D eigenvalue weighted by Crippen LogP contribution is -2.44. The van der Waals surface area contributed by atoms with E-state index < -0.39 is 0 Å². The molecule has 17 heavy (non-hydrogen) atoms. The first-order valence-electron chi connectivity index (χ1n) is 6.53. The van der Waals surface area contributed by atoms with E-state index in [0.29, 0.717) is 0 Å². The third-order valence-electron chi connectivity index (χ3n) is 3.06. The number of likely N-dealkylation sites (N-methyl/N-ethyl adjacent to an activating group) is 1. The summed E-state index contributed by atoms with van der Waals surface area (Å²) in [6.45, 7) is 13.3. The molecule has 0 aromatic heterocycles. The molecule has 2 heteroatoms. The predicted octanol–water partition coefficient (Wildman–Crippen LogP) is 2.90. The molecule has 0 aliphatic heterocycles. The molecule has 2 nitrogen and oxygen atoms in total. The van der Waals surface area contributed by atoms with Crippen molar-refractivity contribution in [3.63, 3.8) is 0 Å². The Morgan fingerprint density at radius 3 is 2.29 bits per heavy atom. The van der Waals surface area contributed by atoms with Gasteiger partial charge in [-0.15, -0.1) is 0 Å². The summed E-state index contributed by atoms with van der Waals surface area (Å²) in [6, 6.07) is 10.6. The van der Waals surface area contributed by atoms with Crippen molar-refractivity contribution in [2.75, 3.05) is 19.6 Å². The molecule has 0 atom stereocenters. The maximum atomic E-state index is 3.50. The van der Waals surface area contributed by atoms with Gasteiger partial charge in [0.1, 0.15) is 0 Å². The lowest BCUT2D eigenvalue weighted by Gasteiger charge is -2.34. The highest BCUT2D eigenvalue weighted by atomic mass is 15.2. The van der Waals surface area contributed by atoms with Crippen molar-refractivity contribution in [3.8, 4) is 0 Å². The van der Waals surface area contributed by atoms with E-state index in [4.69, 9.17) is 0 Å². The molecule has 0 aliphatic carbocycles. The molecule has 1 rings (SSSR count). The van der Waals surface area contributed by atoms with E-state index in [9.17, 15) is 0 Å². The Hall–Kier alpha value is -0.860. The highest BCUT2D eigenvalue weighted by Crippen LogP contribution is 2.11. The summed E-state index contributed by atoms with van der Waals surface area (Å²) in [5, 5.41) is 3.50. The Labute approximate surface area is 106 Å². The third-order valence-corrected chi connectivity index (χ3v) is 3.06. The first-order chi connectivity index (χ1) is 8.04. The average Bonchev–Trinajstić information content (AvgIpc) is 2.28. The van der Waals surface area contributed by atoms with Crippen molar-refractivity contribution in [3.05, 3.63) is 35.9 Å². The topological polar surface area (TPSA) is 15.3 Å². The van der Waals surface area contributed by atoms with Crippen LogP contribution in [0.4, 0.5) is 0 Å². The zero-order valence-electron chi connectivity index (χ0n) is 11.7. The molecule has 0 saturated carbocycles. The molecule has 0 bridgehead atoms. The smallest absolute Gasteiger partial charge is 0.0206 e. The van der Waals surface area contributed by atoms with Crippen molar-refractivity contribution in [2.45, 2.75) is 39.8 Å². The number of nitrogens with zero attached hydrogens (tertiary/aromatic N) is 1. The summed E-state index contributed by atoms with van der Waals surface area (Å²) in [5.41, 5.74) is 1.62. The van der Waals surface area contributed by atoms with Crippen LogP contribution in [0.2, 0.25) is 0 Å². The Kier molecular flexibility index (Phi) is 5.66. The van der Waals surface area contributed by atoms with Gasteiger partial charge in [0.2, 0.25) is 0 Å². The van der Waals surface area contributed by atoms with Gasteiger partial charge in [0, 0.05) is 25.2 Å². The highest BCUT2D eigenvalue weighted by Gasteiger charge is 2.18. The monoisotopic (exact) mass is 234 g/mol. The number of nitrogens with one attached hydrogen (secondary N) is 1. The molecule has 0 aliphatic rings. The minimum absolute atomic E-state index is 0.267. The van der Waals surface area contributed by atoms with Gasteiger partial charge >= 0.3 is 0 Å². The van der Waals surface area contributed by atoms with Crippen LogP contribution in [0.5, 0.6) is 0 Å². The molecule has 1 aromatic carbocycles. The van der Waals surface area contributed by atoms with Crippen LogP contribution in [0.25, 0.3) is 0 Å².